The van der Waals surface area contributed by atoms with Crippen molar-refractivity contribution in [1.29, 1.82) is 0 Å². The summed E-state index contributed by atoms with van der Waals surface area (Å²) in [6.45, 7) is 3.53. The molecule has 1 aliphatic heterocycles. The Morgan fingerprint density at radius 2 is 2.23 bits per heavy atom. The number of rotatable bonds is 8. The number of nitrogens with zero attached hydrogens (tertiary/aromatic N) is 3. The molecule has 158 valence electrons. The molecule has 1 aromatic carbocycles. The maximum absolute atomic E-state index is 12.6. The van der Waals surface area contributed by atoms with Gasteiger partial charge in [0.1, 0.15) is 17.4 Å². The van der Waals surface area contributed by atoms with Crippen LogP contribution in [0.2, 0.25) is 0 Å². The van der Waals surface area contributed by atoms with E-state index < -0.39 is 5.92 Å². The van der Waals surface area contributed by atoms with Crippen molar-refractivity contribution in [3.63, 3.8) is 0 Å². The summed E-state index contributed by atoms with van der Waals surface area (Å²) in [5.74, 6) is 0.0945. The molecule has 1 aliphatic rings. The number of H-pyrrole nitrogens is 1. The van der Waals surface area contributed by atoms with Crippen LogP contribution in [0.5, 0.6) is 5.75 Å². The fourth-order valence-corrected chi connectivity index (χ4v) is 4.19. The number of methoxy groups -OCH3 is 1. The summed E-state index contributed by atoms with van der Waals surface area (Å²) in [5, 5.41) is 13.3. The Kier molecular flexibility index (Phi) is 5.96. The monoisotopic (exact) mass is 429 g/mol. The van der Waals surface area contributed by atoms with Crippen LogP contribution in [0.15, 0.2) is 24.3 Å². The Morgan fingerprint density at radius 3 is 3.03 bits per heavy atom. The van der Waals surface area contributed by atoms with Crippen LogP contribution in [-0.2, 0) is 27.5 Å². The lowest BCUT2D eigenvalue weighted by molar-refractivity contribution is -0.126. The molecule has 0 bridgehead atoms. The first-order valence-corrected chi connectivity index (χ1v) is 10.5. The molecule has 30 heavy (non-hydrogen) atoms. The number of benzene rings is 1. The van der Waals surface area contributed by atoms with Gasteiger partial charge in [0.05, 0.1) is 19.6 Å². The summed E-state index contributed by atoms with van der Waals surface area (Å²) < 4.78 is 10.6. The van der Waals surface area contributed by atoms with Crippen molar-refractivity contribution in [3.8, 4) is 5.75 Å². The van der Waals surface area contributed by atoms with Crippen molar-refractivity contribution < 1.29 is 19.1 Å². The zero-order chi connectivity index (χ0) is 21.1. The number of carbonyl (C=O) groups is 2. The van der Waals surface area contributed by atoms with Gasteiger partial charge in [0.25, 0.3) is 0 Å². The third kappa shape index (κ3) is 4.29. The quantitative estimate of drug-likeness (QED) is 0.568. The topological polar surface area (TPSA) is 109 Å². The third-order valence-corrected chi connectivity index (χ3v) is 5.87. The van der Waals surface area contributed by atoms with Crippen LogP contribution < -0.4 is 15.0 Å². The second kappa shape index (κ2) is 8.80. The summed E-state index contributed by atoms with van der Waals surface area (Å²) in [6, 6.07) is 7.74. The average Bonchev–Trinajstić information content (AvgIpc) is 3.47. The number of anilines is 1. The Labute approximate surface area is 177 Å². The molecule has 9 nitrogen and oxygen atoms in total. The van der Waals surface area contributed by atoms with E-state index in [0.29, 0.717) is 36.4 Å². The summed E-state index contributed by atoms with van der Waals surface area (Å²) in [7, 11) is 1.63. The maximum atomic E-state index is 12.6. The molecule has 3 aromatic rings. The minimum Gasteiger partial charge on any atom is -0.497 e. The molecule has 1 fully saturated rings. The van der Waals surface area contributed by atoms with Gasteiger partial charge in [-0.15, -0.1) is 10.2 Å². The molecule has 3 heterocycles. The van der Waals surface area contributed by atoms with Crippen molar-refractivity contribution >= 4 is 39.2 Å². The Morgan fingerprint density at radius 1 is 1.37 bits per heavy atom. The number of ether oxygens (including phenoxy) is 2. The lowest BCUT2D eigenvalue weighted by Gasteiger charge is -2.12. The molecule has 2 aromatic heterocycles. The van der Waals surface area contributed by atoms with Crippen LogP contribution in [0.25, 0.3) is 10.9 Å². The molecule has 0 aliphatic carbocycles. The maximum Gasteiger partial charge on any atom is 0.229 e. The number of fused-ring (bicyclic) bond motifs is 1. The number of nitrogens with one attached hydrogen (secondary N) is 2. The smallest absolute Gasteiger partial charge is 0.229 e. The third-order valence-electron chi connectivity index (χ3n) is 4.95. The van der Waals surface area contributed by atoms with E-state index in [2.05, 4.69) is 20.5 Å². The highest BCUT2D eigenvalue weighted by molar-refractivity contribution is 7.15. The van der Waals surface area contributed by atoms with E-state index in [1.807, 2.05) is 31.2 Å². The van der Waals surface area contributed by atoms with Gasteiger partial charge in [-0.2, -0.15) is 0 Å². The molecular weight excluding hydrogens is 406 g/mol. The second-order valence-corrected chi connectivity index (χ2v) is 8.03. The molecule has 0 saturated carbocycles. The summed E-state index contributed by atoms with van der Waals surface area (Å²) in [6.07, 6.45) is 0.163. The molecule has 2 N–H and O–H groups in total. The molecule has 1 atom stereocenters. The van der Waals surface area contributed by atoms with Gasteiger partial charge in [-0.1, -0.05) is 11.3 Å². The predicted molar refractivity (Wildman–Crippen MR) is 112 cm³/mol. The first-order valence-electron chi connectivity index (χ1n) is 9.71. The number of carbonyl (C=O) groups excluding carboxylic acids is 2. The molecule has 0 radical (unpaired) electrons. The first kappa shape index (κ1) is 20.3. The Bertz CT molecular complexity index is 1060. The lowest BCUT2D eigenvalue weighted by Crippen LogP contribution is -2.32. The van der Waals surface area contributed by atoms with Gasteiger partial charge < -0.3 is 19.8 Å². The van der Waals surface area contributed by atoms with E-state index in [-0.39, 0.29) is 18.2 Å². The van der Waals surface area contributed by atoms with Gasteiger partial charge in [0.2, 0.25) is 16.9 Å². The van der Waals surface area contributed by atoms with Gasteiger partial charge in [-0.05, 0) is 31.2 Å². The van der Waals surface area contributed by atoms with Crippen molar-refractivity contribution in [1.82, 2.24) is 20.5 Å². The molecular formula is C20H23N5O4S. The molecule has 1 unspecified atom stereocenters. The zero-order valence-corrected chi connectivity index (χ0v) is 17.6. The predicted octanol–water partition coefficient (Wildman–Crippen LogP) is 2.23. The number of aromatic amines is 1. The summed E-state index contributed by atoms with van der Waals surface area (Å²) >= 11 is 1.31. The van der Waals surface area contributed by atoms with Crippen LogP contribution in [0.3, 0.4) is 0 Å². The molecule has 2 amide bonds. The zero-order valence-electron chi connectivity index (χ0n) is 16.8. The fraction of sp³-hybridized carbons (Fsp3) is 0.400. The van der Waals surface area contributed by atoms with Crippen LogP contribution >= 0.6 is 11.3 Å². The van der Waals surface area contributed by atoms with Gasteiger partial charge >= 0.3 is 0 Å². The molecule has 4 rings (SSSR count). The first-order chi connectivity index (χ1) is 14.6. The minimum atomic E-state index is -0.416. The highest BCUT2D eigenvalue weighted by Gasteiger charge is 2.36. The van der Waals surface area contributed by atoms with Gasteiger partial charge in [0.15, 0.2) is 0 Å². The van der Waals surface area contributed by atoms with E-state index in [0.717, 1.165) is 22.3 Å². The molecule has 1 saturated heterocycles. The molecule has 10 heteroatoms. The Hall–Kier alpha value is -2.98. The van der Waals surface area contributed by atoms with Gasteiger partial charge in [-0.3, -0.25) is 14.5 Å². The standard InChI is InChI=1S/C20H23N5O4S/c1-3-29-11-17-23-24-20(30-17)25-10-13(8-18(25)26)19(27)21-9-14-6-12-7-15(28-2)4-5-16(12)22-14/h4-7,13,22H,3,8-11H2,1-2H3,(H,21,27). The largest absolute Gasteiger partial charge is 0.497 e. The average molecular weight is 430 g/mol. The Balaban J connectivity index is 1.35. The van der Waals surface area contributed by atoms with Crippen LogP contribution in [-0.4, -0.2) is 47.3 Å². The van der Waals surface area contributed by atoms with E-state index in [9.17, 15) is 9.59 Å². The number of hydrogen-bond acceptors (Lipinski definition) is 7. The molecule has 0 spiro atoms. The summed E-state index contributed by atoms with van der Waals surface area (Å²) in [4.78, 5) is 29.8. The van der Waals surface area contributed by atoms with Crippen molar-refractivity contribution in [2.45, 2.75) is 26.5 Å². The van der Waals surface area contributed by atoms with Crippen molar-refractivity contribution in [3.05, 3.63) is 35.0 Å². The number of aromatic nitrogens is 3. The summed E-state index contributed by atoms with van der Waals surface area (Å²) in [5.41, 5.74) is 1.86. The van der Waals surface area contributed by atoms with Crippen molar-refractivity contribution in [2.75, 3.05) is 25.2 Å². The van der Waals surface area contributed by atoms with Gasteiger partial charge in [0, 0.05) is 36.2 Å². The van der Waals surface area contributed by atoms with Crippen LogP contribution in [0.4, 0.5) is 5.13 Å². The SMILES string of the molecule is CCOCc1nnc(N2CC(C(=O)NCc3cc4cc(OC)ccc4[nH]3)CC2=O)s1. The fourth-order valence-electron chi connectivity index (χ4n) is 3.39. The number of hydrogen-bond donors (Lipinski definition) is 2. The van der Waals surface area contributed by atoms with E-state index >= 15 is 0 Å². The van der Waals surface area contributed by atoms with Gasteiger partial charge in [-0.25, -0.2) is 0 Å². The second-order valence-electron chi connectivity index (χ2n) is 6.99. The van der Waals surface area contributed by atoms with Crippen LogP contribution in [0.1, 0.15) is 24.0 Å². The minimum absolute atomic E-state index is 0.119. The van der Waals surface area contributed by atoms with Crippen molar-refractivity contribution in [2.24, 2.45) is 5.92 Å². The lowest BCUT2D eigenvalue weighted by atomic mass is 10.1. The van der Waals surface area contributed by atoms with E-state index in [4.69, 9.17) is 9.47 Å². The normalized spacial score (nSPS) is 16.4. The van der Waals surface area contributed by atoms with E-state index in [1.54, 1.807) is 7.11 Å². The highest BCUT2D eigenvalue weighted by atomic mass is 32.1. The number of amides is 2. The highest BCUT2D eigenvalue weighted by Crippen LogP contribution is 2.28. The van der Waals surface area contributed by atoms with E-state index in [1.165, 1.54) is 16.2 Å². The van der Waals surface area contributed by atoms with Crippen LogP contribution in [0, 0.1) is 5.92 Å².